The molecule has 0 rings (SSSR count). The van der Waals surface area contributed by atoms with E-state index in [2.05, 4.69) is 34.6 Å². The summed E-state index contributed by atoms with van der Waals surface area (Å²) in [5, 5.41) is 0. The lowest BCUT2D eigenvalue weighted by Gasteiger charge is -2.20. The van der Waals surface area contributed by atoms with Gasteiger partial charge in [-0.2, -0.15) is 0 Å². The first-order valence-electron chi connectivity index (χ1n) is 6.63. The van der Waals surface area contributed by atoms with E-state index in [1.54, 1.807) is 0 Å². The Labute approximate surface area is 91.5 Å². The SMILES string of the molecule is CCC(C)CCC(CC)CC(C)CC. The van der Waals surface area contributed by atoms with Crippen LogP contribution in [0.1, 0.15) is 73.1 Å². The van der Waals surface area contributed by atoms with Crippen molar-refractivity contribution in [1.82, 2.24) is 0 Å². The minimum Gasteiger partial charge on any atom is -0.0651 e. The van der Waals surface area contributed by atoms with E-state index >= 15 is 0 Å². The summed E-state index contributed by atoms with van der Waals surface area (Å²) in [7, 11) is 0. The van der Waals surface area contributed by atoms with Gasteiger partial charge in [0, 0.05) is 0 Å². The second-order valence-corrected chi connectivity index (χ2v) is 5.11. The van der Waals surface area contributed by atoms with Gasteiger partial charge in [-0.15, -0.1) is 0 Å². The lowest BCUT2D eigenvalue weighted by molar-refractivity contribution is 0.324. The zero-order valence-electron chi connectivity index (χ0n) is 11.0. The quantitative estimate of drug-likeness (QED) is 0.498. The fraction of sp³-hybridized carbons (Fsp3) is 1.00. The first-order valence-corrected chi connectivity index (χ1v) is 6.63. The molecule has 86 valence electrons. The van der Waals surface area contributed by atoms with Crippen molar-refractivity contribution in [3.05, 3.63) is 0 Å². The summed E-state index contributed by atoms with van der Waals surface area (Å²) >= 11 is 0. The maximum absolute atomic E-state index is 2.39. The topological polar surface area (TPSA) is 0 Å². The summed E-state index contributed by atoms with van der Waals surface area (Å²) in [6, 6.07) is 0. The minimum absolute atomic E-state index is 0.928. The molecule has 14 heavy (non-hydrogen) atoms. The molecule has 0 aromatic rings. The van der Waals surface area contributed by atoms with Crippen LogP contribution in [0.3, 0.4) is 0 Å². The molecule has 0 aliphatic carbocycles. The average Bonchev–Trinajstić information content (AvgIpc) is 2.22. The first-order chi connectivity index (χ1) is 6.63. The molecule has 0 heterocycles. The highest BCUT2D eigenvalue weighted by Crippen LogP contribution is 2.24. The molecule has 3 unspecified atom stereocenters. The molecule has 0 aromatic carbocycles. The molecule has 0 saturated heterocycles. The fourth-order valence-electron chi connectivity index (χ4n) is 1.95. The van der Waals surface area contributed by atoms with Crippen molar-refractivity contribution in [2.75, 3.05) is 0 Å². The highest BCUT2D eigenvalue weighted by Gasteiger charge is 2.11. The molecular weight excluding hydrogens is 168 g/mol. The van der Waals surface area contributed by atoms with Gasteiger partial charge in [0.25, 0.3) is 0 Å². The number of hydrogen-bond donors (Lipinski definition) is 0. The Balaban J connectivity index is 3.68. The van der Waals surface area contributed by atoms with E-state index in [1.807, 2.05) is 0 Å². The summed E-state index contributed by atoms with van der Waals surface area (Å²) in [6.45, 7) is 11.7. The van der Waals surface area contributed by atoms with Crippen molar-refractivity contribution in [2.24, 2.45) is 17.8 Å². The first kappa shape index (κ1) is 14.0. The molecular formula is C14H30. The van der Waals surface area contributed by atoms with E-state index < -0.39 is 0 Å². The second-order valence-electron chi connectivity index (χ2n) is 5.11. The Morgan fingerprint density at radius 3 is 1.71 bits per heavy atom. The fourth-order valence-corrected chi connectivity index (χ4v) is 1.95. The van der Waals surface area contributed by atoms with Crippen molar-refractivity contribution in [1.29, 1.82) is 0 Å². The van der Waals surface area contributed by atoms with Crippen molar-refractivity contribution >= 4 is 0 Å². The zero-order chi connectivity index (χ0) is 11.0. The van der Waals surface area contributed by atoms with Gasteiger partial charge < -0.3 is 0 Å². The van der Waals surface area contributed by atoms with Crippen LogP contribution in [0.4, 0.5) is 0 Å². The predicted molar refractivity (Wildman–Crippen MR) is 66.5 cm³/mol. The lowest BCUT2D eigenvalue weighted by atomic mass is 9.86. The maximum Gasteiger partial charge on any atom is -0.0414 e. The highest BCUT2D eigenvalue weighted by atomic mass is 14.2. The van der Waals surface area contributed by atoms with Crippen LogP contribution in [-0.2, 0) is 0 Å². The molecule has 0 nitrogen and oxygen atoms in total. The van der Waals surface area contributed by atoms with Gasteiger partial charge >= 0.3 is 0 Å². The van der Waals surface area contributed by atoms with Gasteiger partial charge in [-0.1, -0.05) is 66.7 Å². The third-order valence-corrected chi connectivity index (χ3v) is 3.77. The van der Waals surface area contributed by atoms with E-state index in [0.29, 0.717) is 0 Å². The average molecular weight is 198 g/mol. The molecule has 3 atom stereocenters. The number of rotatable bonds is 8. The largest absolute Gasteiger partial charge is 0.0651 e. The molecule has 0 fully saturated rings. The molecule has 0 N–H and O–H groups in total. The third-order valence-electron chi connectivity index (χ3n) is 3.77. The van der Waals surface area contributed by atoms with E-state index in [0.717, 1.165) is 17.8 Å². The monoisotopic (exact) mass is 198 g/mol. The maximum atomic E-state index is 2.39. The summed E-state index contributed by atoms with van der Waals surface area (Å²) < 4.78 is 0. The minimum atomic E-state index is 0.928. The van der Waals surface area contributed by atoms with Crippen molar-refractivity contribution < 1.29 is 0 Å². The van der Waals surface area contributed by atoms with Crippen LogP contribution in [0.2, 0.25) is 0 Å². The van der Waals surface area contributed by atoms with Crippen LogP contribution in [0.25, 0.3) is 0 Å². The number of hydrogen-bond acceptors (Lipinski definition) is 0. The third kappa shape index (κ3) is 6.45. The van der Waals surface area contributed by atoms with Gasteiger partial charge in [-0.05, 0) is 24.2 Å². The Hall–Kier alpha value is 0. The van der Waals surface area contributed by atoms with Crippen LogP contribution in [0.5, 0.6) is 0 Å². The van der Waals surface area contributed by atoms with Crippen LogP contribution >= 0.6 is 0 Å². The molecule has 0 radical (unpaired) electrons. The van der Waals surface area contributed by atoms with Crippen molar-refractivity contribution in [2.45, 2.75) is 73.1 Å². The van der Waals surface area contributed by atoms with E-state index in [-0.39, 0.29) is 0 Å². The van der Waals surface area contributed by atoms with Crippen molar-refractivity contribution in [3.63, 3.8) is 0 Å². The Morgan fingerprint density at radius 2 is 1.29 bits per heavy atom. The molecule has 0 bridgehead atoms. The normalized spacial score (nSPS) is 17.8. The van der Waals surface area contributed by atoms with Gasteiger partial charge in [-0.25, -0.2) is 0 Å². The van der Waals surface area contributed by atoms with E-state index in [9.17, 15) is 0 Å². The van der Waals surface area contributed by atoms with Gasteiger partial charge in [0.1, 0.15) is 0 Å². The Kier molecular flexibility index (Phi) is 8.32. The van der Waals surface area contributed by atoms with Crippen LogP contribution < -0.4 is 0 Å². The van der Waals surface area contributed by atoms with Gasteiger partial charge in [0.2, 0.25) is 0 Å². The molecule has 0 aliphatic heterocycles. The molecule has 0 amide bonds. The Bertz CT molecular complexity index is 117. The summed E-state index contributed by atoms with van der Waals surface area (Å²) in [5.74, 6) is 2.84. The molecule has 0 aromatic heterocycles. The van der Waals surface area contributed by atoms with Gasteiger partial charge in [0.05, 0.1) is 0 Å². The van der Waals surface area contributed by atoms with E-state index in [4.69, 9.17) is 0 Å². The van der Waals surface area contributed by atoms with Crippen LogP contribution in [0.15, 0.2) is 0 Å². The van der Waals surface area contributed by atoms with Gasteiger partial charge in [-0.3, -0.25) is 0 Å². The standard InChI is InChI=1S/C14H30/c1-6-12(4)9-10-14(8-3)11-13(5)7-2/h12-14H,6-11H2,1-5H3. The van der Waals surface area contributed by atoms with Gasteiger partial charge in [0.15, 0.2) is 0 Å². The summed E-state index contributed by atoms with van der Waals surface area (Å²) in [5.41, 5.74) is 0. The van der Waals surface area contributed by atoms with Crippen LogP contribution in [0, 0.1) is 17.8 Å². The molecule has 0 heteroatoms. The zero-order valence-corrected chi connectivity index (χ0v) is 11.0. The molecule has 0 saturated carbocycles. The van der Waals surface area contributed by atoms with E-state index in [1.165, 1.54) is 38.5 Å². The van der Waals surface area contributed by atoms with Crippen molar-refractivity contribution in [3.8, 4) is 0 Å². The highest BCUT2D eigenvalue weighted by molar-refractivity contribution is 4.63. The lowest BCUT2D eigenvalue weighted by Crippen LogP contribution is -2.07. The summed E-state index contributed by atoms with van der Waals surface area (Å²) in [6.07, 6.45) is 8.41. The van der Waals surface area contributed by atoms with Crippen LogP contribution in [-0.4, -0.2) is 0 Å². The summed E-state index contributed by atoms with van der Waals surface area (Å²) in [4.78, 5) is 0. The Morgan fingerprint density at radius 1 is 0.714 bits per heavy atom. The predicted octanol–water partition coefficient (Wildman–Crippen LogP) is 5.28. The molecule has 0 spiro atoms. The smallest absolute Gasteiger partial charge is 0.0414 e. The molecule has 0 aliphatic rings. The second kappa shape index (κ2) is 8.32.